The molecule has 29 nitrogen and oxygen atoms in total. The molecule has 0 aromatic heterocycles. The number of fused-ring (bicyclic) bond motifs is 2. The number of phenolic OH excluding ortho intramolecular Hbond substituents is 1. The van der Waals surface area contributed by atoms with Gasteiger partial charge >= 0.3 is 29.6 Å². The third kappa shape index (κ3) is 18.5. The number of hydrogen-bond acceptors (Lipinski definition) is 22. The molecule has 0 saturated carbocycles. The first-order valence-corrected chi connectivity index (χ1v) is 28.2. The van der Waals surface area contributed by atoms with Crippen LogP contribution in [0.15, 0.2) is 66.7 Å². The van der Waals surface area contributed by atoms with E-state index in [9.17, 15) is 89.6 Å². The van der Waals surface area contributed by atoms with Crippen molar-refractivity contribution in [3.8, 4) is 22.6 Å². The van der Waals surface area contributed by atoms with Gasteiger partial charge in [-0.3, -0.25) is 43.4 Å². The number of aliphatic hydroxyl groups excluding tert-OH is 8. The third-order valence-corrected chi connectivity index (χ3v) is 15.4. The predicted molar refractivity (Wildman–Crippen MR) is 294 cm³/mol. The van der Waals surface area contributed by atoms with Crippen molar-refractivity contribution < 1.29 is 133 Å². The molecule has 8 amide bonds. The topological polar surface area (TPSA) is 462 Å². The fourth-order valence-electron chi connectivity index (χ4n) is 10.3. The van der Waals surface area contributed by atoms with Crippen LogP contribution in [-0.4, -0.2) is 195 Å². The molecule has 3 fully saturated rings. The van der Waals surface area contributed by atoms with Crippen LogP contribution in [0, 0.1) is 5.92 Å². The quantitative estimate of drug-likeness (QED) is 0.0164. The monoisotopic (exact) mass is 1240 g/mol. The van der Waals surface area contributed by atoms with E-state index in [-0.39, 0.29) is 60.3 Å². The summed E-state index contributed by atoms with van der Waals surface area (Å²) in [4.78, 5) is 114. The molecule has 3 heterocycles. The molecule has 3 aliphatic heterocycles. The molecule has 86 heavy (non-hydrogen) atoms. The zero-order valence-corrected chi connectivity index (χ0v) is 50.4. The zero-order chi connectivity index (χ0) is 62.4. The molecule has 31 heteroatoms. The molecule has 0 spiro atoms. The van der Waals surface area contributed by atoms with Crippen molar-refractivity contribution in [3.63, 3.8) is 0 Å². The van der Waals surface area contributed by atoms with Gasteiger partial charge in [0.05, 0.1) is 30.8 Å². The van der Waals surface area contributed by atoms with Crippen LogP contribution < -0.4 is 71.3 Å². The maximum absolute atomic E-state index is 14.7. The Morgan fingerprint density at radius 3 is 1.98 bits per heavy atom. The first-order chi connectivity index (χ1) is 40.3. The smallest absolute Gasteiger partial charge is 0.691 e. The van der Waals surface area contributed by atoms with Gasteiger partial charge in [-0.05, 0) is 66.1 Å². The van der Waals surface area contributed by atoms with Gasteiger partial charge in [0, 0.05) is 38.3 Å². The molecule has 0 radical (unpaired) electrons. The van der Waals surface area contributed by atoms with Crippen LogP contribution >= 0.6 is 12.3 Å². The Bertz CT molecular complexity index is 2830. The molecule has 3 aromatic rings. The normalized spacial score (nSPS) is 26.7. The van der Waals surface area contributed by atoms with Crippen molar-refractivity contribution in [1.82, 2.24) is 36.4 Å². The molecule has 3 aliphatic rings. The number of primary amides is 1. The molecule has 0 aliphatic carbocycles. The minimum absolute atomic E-state index is 0. The summed E-state index contributed by atoms with van der Waals surface area (Å²) in [7, 11) is 0. The van der Waals surface area contributed by atoms with Crippen LogP contribution in [0.3, 0.4) is 0 Å². The summed E-state index contributed by atoms with van der Waals surface area (Å²) in [6, 6.07) is 5.80. The van der Waals surface area contributed by atoms with Crippen molar-refractivity contribution in [3.05, 3.63) is 83.4 Å². The number of unbranched alkanes of at least 4 members (excludes halogenated alkanes) is 2. The van der Waals surface area contributed by atoms with E-state index in [4.69, 9.17) is 9.92 Å². The Hall–Kier alpha value is -6.07. The van der Waals surface area contributed by atoms with E-state index in [2.05, 4.69) is 55.0 Å². The molecule has 16 N–H and O–H groups in total. The van der Waals surface area contributed by atoms with Gasteiger partial charge in [-0.1, -0.05) is 81.3 Å². The number of rotatable bonds is 20. The molecule has 3 saturated heterocycles. The average molecular weight is 1240 g/mol. The second-order valence-corrected chi connectivity index (χ2v) is 21.9. The number of phenols is 1. The van der Waals surface area contributed by atoms with Crippen molar-refractivity contribution in [1.29, 1.82) is 0 Å². The number of aliphatic hydroxyl groups is 8. The number of carbonyl (C=O) groups is 8. The number of nitrogens with one attached hydrogen (secondary N) is 5. The maximum atomic E-state index is 14.7. The van der Waals surface area contributed by atoms with E-state index >= 15 is 0 Å². The number of hydrogen-bond donors (Lipinski definition) is 15. The average Bonchev–Trinajstić information content (AvgIpc) is 2.13. The minimum Gasteiger partial charge on any atom is -0.691 e. The Kier molecular flexibility index (Phi) is 26.9. The van der Waals surface area contributed by atoms with Gasteiger partial charge < -0.3 is 97.5 Å². The zero-order valence-electron chi connectivity index (χ0n) is 47.6. The molecule has 15 unspecified atom stereocenters. The Labute approximate surface area is 520 Å². The molecular formula is C55H73N8NaO21S. The van der Waals surface area contributed by atoms with Crippen LogP contribution in [0.5, 0.6) is 11.5 Å². The number of nitrogens with zero attached hydrogens (tertiary/aromatic N) is 2. The second kappa shape index (κ2) is 32.8. The maximum Gasteiger partial charge on any atom is 1.00 e. The fourth-order valence-corrected chi connectivity index (χ4v) is 10.5. The van der Waals surface area contributed by atoms with Gasteiger partial charge in [0.25, 0.3) is 12.3 Å². The summed E-state index contributed by atoms with van der Waals surface area (Å²) in [5, 5.41) is 126. The van der Waals surface area contributed by atoms with Crippen LogP contribution in [-0.2, 0) is 60.6 Å². The third-order valence-electron chi connectivity index (χ3n) is 15.0. The van der Waals surface area contributed by atoms with E-state index in [1.54, 1.807) is 0 Å². The summed E-state index contributed by atoms with van der Waals surface area (Å²) in [6.45, 7) is 3.41. The van der Waals surface area contributed by atoms with E-state index in [1.165, 1.54) is 12.5 Å². The number of aromatic hydroxyl groups is 1. The summed E-state index contributed by atoms with van der Waals surface area (Å²) < 4.78 is 9.02. The summed E-state index contributed by atoms with van der Waals surface area (Å²) in [5.41, 5.74) is 8.82. The van der Waals surface area contributed by atoms with Gasteiger partial charge in [-0.15, -0.1) is 4.33 Å². The van der Waals surface area contributed by atoms with Gasteiger partial charge in [0.15, 0.2) is 17.7 Å². The van der Waals surface area contributed by atoms with Crippen molar-refractivity contribution >= 4 is 59.6 Å². The molecule has 15 atom stereocenters. The Morgan fingerprint density at radius 2 is 1.37 bits per heavy atom. The SMILES string of the molecule is CCCCCc1ccc(-c2ccc(CCC(=O)NC3CC(O)C(O)NC(=O)C4C(O)C(C)CN4C(=O)C(C(O)CC(N)=O)NC(=O)C(C(O)C(O)c4ccc(O)c(OSOO[O-])c4)NC(=O)C4CC(O)CN4C(=O)C(C(C)O)NC3=O)cc2)cc1.[Na+]. The summed E-state index contributed by atoms with van der Waals surface area (Å²) in [5.74, 6) is -12.4. The number of amides is 8. The standard InChI is InChI=1S/C55H74N8O21S.Na/c1-4-5-6-7-28-8-13-30(14-9-28)31-15-10-29(11-16-31)12-19-41(70)57-34-22-38(68)51(76)61-53(78)45-46(71)26(2)24-63(45)55(80)43(37(67)23-40(56)69)59-52(77)44(48(73)47(72)32-17-18-36(66)39(20-32)82-85-84-83-81)60-50(75)35-21-33(65)25-62(35)54(79)42(27(3)64)58-49(34)74;/h8-11,13-18,20,26-27,33-35,37-38,42-48,51,64-68,71-73,76,81H,4-7,12,19,21-25H2,1-3H3,(H2,56,69)(H,57,70)(H,58,74)(H,59,77)(H,60,75)(H,61,78);/q;+1/p-1. The first kappa shape index (κ1) is 70.7. The van der Waals surface area contributed by atoms with E-state index in [0.717, 1.165) is 67.5 Å². The molecule has 0 bridgehead atoms. The number of aryl methyl sites for hydroxylation is 2. The number of carbonyl (C=O) groups excluding carboxylic acids is 8. The van der Waals surface area contributed by atoms with Gasteiger partial charge in [0.1, 0.15) is 54.6 Å². The fraction of sp³-hybridized carbons (Fsp3) is 0.527. The largest absolute Gasteiger partial charge is 1.00 e. The molecular weight excluding hydrogens is 1160 g/mol. The molecule has 6 rings (SSSR count). The predicted octanol–water partition coefficient (Wildman–Crippen LogP) is -7.09. The Balaban J connectivity index is 0.0000135. The van der Waals surface area contributed by atoms with Gasteiger partial charge in [0.2, 0.25) is 47.3 Å². The van der Waals surface area contributed by atoms with E-state index in [1.807, 2.05) is 36.4 Å². The number of nitrogens with two attached hydrogens (primary N) is 1. The minimum atomic E-state index is -2.55. The van der Waals surface area contributed by atoms with Crippen molar-refractivity contribution in [2.24, 2.45) is 11.7 Å². The van der Waals surface area contributed by atoms with Gasteiger partial charge in [-0.2, -0.15) is 0 Å². The Morgan fingerprint density at radius 1 is 0.767 bits per heavy atom. The molecule has 466 valence electrons. The first-order valence-electron chi connectivity index (χ1n) is 27.5. The van der Waals surface area contributed by atoms with Gasteiger partial charge in [-0.25, -0.2) is 0 Å². The van der Waals surface area contributed by atoms with Crippen molar-refractivity contribution in [2.45, 2.75) is 164 Å². The van der Waals surface area contributed by atoms with Crippen LogP contribution in [0.1, 0.15) is 88.5 Å². The summed E-state index contributed by atoms with van der Waals surface area (Å²) >= 11 is -0.0920. The van der Waals surface area contributed by atoms with Crippen LogP contribution in [0.4, 0.5) is 0 Å². The van der Waals surface area contributed by atoms with Crippen molar-refractivity contribution in [2.75, 3.05) is 13.1 Å². The van der Waals surface area contributed by atoms with Crippen LogP contribution in [0.25, 0.3) is 11.1 Å². The summed E-state index contributed by atoms with van der Waals surface area (Å²) in [6.07, 6.45) is -15.2. The van der Waals surface area contributed by atoms with Crippen LogP contribution in [0.2, 0.25) is 0 Å². The second-order valence-electron chi connectivity index (χ2n) is 21.4. The van der Waals surface area contributed by atoms with E-state index in [0.29, 0.717) is 9.80 Å². The van der Waals surface area contributed by atoms with E-state index < -0.39 is 182 Å². The number of benzene rings is 3. The molecule has 3 aromatic carbocycles.